The zero-order valence-electron chi connectivity index (χ0n) is 12.5. The lowest BCUT2D eigenvalue weighted by Crippen LogP contribution is -2.27. The van der Waals surface area contributed by atoms with E-state index in [9.17, 15) is 8.42 Å². The number of hydrogen-bond acceptors (Lipinski definition) is 2. The maximum Gasteiger partial charge on any atom is 0.241 e. The van der Waals surface area contributed by atoms with E-state index in [2.05, 4.69) is 4.72 Å². The molecule has 0 aromatic heterocycles. The number of halogens is 1. The van der Waals surface area contributed by atoms with Crippen LogP contribution in [-0.4, -0.2) is 8.42 Å². The Morgan fingerprint density at radius 3 is 2.30 bits per heavy atom. The topological polar surface area (TPSA) is 46.2 Å². The molecule has 0 saturated heterocycles. The molecule has 3 rings (SSSR count). The van der Waals surface area contributed by atoms with E-state index in [-0.39, 0.29) is 4.90 Å². The molecule has 0 aliphatic rings. The van der Waals surface area contributed by atoms with Gasteiger partial charge >= 0.3 is 0 Å². The fraction of sp³-hybridized carbons (Fsp3) is 0.111. The number of rotatable bonds is 4. The van der Waals surface area contributed by atoms with E-state index >= 15 is 0 Å². The SMILES string of the molecule is C[C@@H](NS(=O)(=O)c1ccc2ccccc2c1)c1ccccc1Cl. The second kappa shape index (κ2) is 6.32. The Labute approximate surface area is 141 Å². The molecule has 0 aliphatic carbocycles. The summed E-state index contributed by atoms with van der Waals surface area (Å²) in [5.41, 5.74) is 0.749. The van der Waals surface area contributed by atoms with Crippen LogP contribution in [0.2, 0.25) is 5.02 Å². The van der Waals surface area contributed by atoms with Gasteiger partial charge in [-0.05, 0) is 41.5 Å². The highest BCUT2D eigenvalue weighted by atomic mass is 35.5. The highest BCUT2D eigenvalue weighted by Crippen LogP contribution is 2.25. The summed E-state index contributed by atoms with van der Waals surface area (Å²) in [7, 11) is -3.62. The van der Waals surface area contributed by atoms with Gasteiger partial charge in [-0.3, -0.25) is 0 Å². The molecule has 1 N–H and O–H groups in total. The van der Waals surface area contributed by atoms with E-state index in [1.54, 1.807) is 25.1 Å². The van der Waals surface area contributed by atoms with Gasteiger partial charge in [0.1, 0.15) is 0 Å². The first-order valence-corrected chi connectivity index (χ1v) is 9.09. The third-order valence-electron chi connectivity index (χ3n) is 3.73. The molecule has 23 heavy (non-hydrogen) atoms. The van der Waals surface area contributed by atoms with Crippen LogP contribution in [0, 0.1) is 0 Å². The van der Waals surface area contributed by atoms with Crippen molar-refractivity contribution >= 4 is 32.4 Å². The third-order valence-corrected chi connectivity index (χ3v) is 5.62. The summed E-state index contributed by atoms with van der Waals surface area (Å²) < 4.78 is 27.9. The fourth-order valence-corrected chi connectivity index (χ4v) is 4.08. The van der Waals surface area contributed by atoms with Gasteiger partial charge in [0.05, 0.1) is 4.90 Å². The van der Waals surface area contributed by atoms with E-state index in [0.717, 1.165) is 16.3 Å². The molecule has 0 unspecified atom stereocenters. The largest absolute Gasteiger partial charge is 0.241 e. The van der Waals surface area contributed by atoms with Crippen LogP contribution in [0.3, 0.4) is 0 Å². The minimum absolute atomic E-state index is 0.245. The smallest absolute Gasteiger partial charge is 0.207 e. The Morgan fingerprint density at radius 2 is 1.57 bits per heavy atom. The standard InChI is InChI=1S/C18H16ClNO2S/c1-13(17-8-4-5-9-18(17)19)20-23(21,22)16-11-10-14-6-2-3-7-15(14)12-16/h2-13,20H,1H3/t13-/m1/s1. The molecule has 118 valence electrons. The van der Waals surface area contributed by atoms with Crippen molar-refractivity contribution in [2.24, 2.45) is 0 Å². The zero-order valence-corrected chi connectivity index (χ0v) is 14.1. The van der Waals surface area contributed by atoms with Gasteiger partial charge in [-0.15, -0.1) is 0 Å². The van der Waals surface area contributed by atoms with Gasteiger partial charge in [-0.2, -0.15) is 0 Å². The minimum Gasteiger partial charge on any atom is -0.207 e. The normalized spacial score (nSPS) is 13.1. The van der Waals surface area contributed by atoms with E-state index in [1.807, 2.05) is 48.5 Å². The molecule has 5 heteroatoms. The average molecular weight is 346 g/mol. The first-order chi connectivity index (χ1) is 11.0. The highest BCUT2D eigenvalue weighted by Gasteiger charge is 2.19. The Hall–Kier alpha value is -1.88. The van der Waals surface area contributed by atoms with Crippen LogP contribution >= 0.6 is 11.6 Å². The molecule has 0 fully saturated rings. The summed E-state index contributed by atoms with van der Waals surface area (Å²) in [6.45, 7) is 1.78. The van der Waals surface area contributed by atoms with E-state index in [4.69, 9.17) is 11.6 Å². The Morgan fingerprint density at radius 1 is 0.913 bits per heavy atom. The molecule has 0 radical (unpaired) electrons. The van der Waals surface area contributed by atoms with Crippen molar-refractivity contribution in [2.45, 2.75) is 17.9 Å². The average Bonchev–Trinajstić information content (AvgIpc) is 2.54. The van der Waals surface area contributed by atoms with Gasteiger partial charge in [-0.1, -0.05) is 60.1 Å². The predicted octanol–water partition coefficient (Wildman–Crippen LogP) is 4.53. The van der Waals surface area contributed by atoms with Crippen molar-refractivity contribution in [3.8, 4) is 0 Å². The van der Waals surface area contributed by atoms with Crippen LogP contribution < -0.4 is 4.72 Å². The van der Waals surface area contributed by atoms with Crippen molar-refractivity contribution in [1.82, 2.24) is 4.72 Å². The molecule has 3 aromatic rings. The number of hydrogen-bond donors (Lipinski definition) is 1. The third kappa shape index (κ3) is 3.39. The van der Waals surface area contributed by atoms with Gasteiger partial charge in [0, 0.05) is 11.1 Å². The van der Waals surface area contributed by atoms with Gasteiger partial charge in [0.25, 0.3) is 0 Å². The Balaban J connectivity index is 1.92. The predicted molar refractivity (Wildman–Crippen MR) is 94.1 cm³/mol. The maximum absolute atomic E-state index is 12.6. The molecular weight excluding hydrogens is 330 g/mol. The minimum atomic E-state index is -3.62. The molecule has 0 spiro atoms. The lowest BCUT2D eigenvalue weighted by Gasteiger charge is -2.16. The Kier molecular flexibility index (Phi) is 4.39. The van der Waals surface area contributed by atoms with Crippen molar-refractivity contribution in [2.75, 3.05) is 0 Å². The van der Waals surface area contributed by atoms with E-state index in [1.165, 1.54) is 0 Å². The van der Waals surface area contributed by atoms with E-state index < -0.39 is 16.1 Å². The van der Waals surface area contributed by atoms with Crippen LogP contribution in [0.1, 0.15) is 18.5 Å². The molecule has 0 amide bonds. The molecule has 1 atom stereocenters. The van der Waals surface area contributed by atoms with Crippen molar-refractivity contribution in [1.29, 1.82) is 0 Å². The van der Waals surface area contributed by atoms with Crippen LogP contribution in [0.5, 0.6) is 0 Å². The lowest BCUT2D eigenvalue weighted by molar-refractivity contribution is 0.567. The molecule has 0 bridgehead atoms. The fourth-order valence-electron chi connectivity index (χ4n) is 2.53. The summed E-state index contributed by atoms with van der Waals surface area (Å²) in [5.74, 6) is 0. The molecule has 0 heterocycles. The number of nitrogens with one attached hydrogen (secondary N) is 1. The summed E-state index contributed by atoms with van der Waals surface area (Å²) in [6, 6.07) is 19.6. The van der Waals surface area contributed by atoms with Crippen LogP contribution in [0.4, 0.5) is 0 Å². The lowest BCUT2D eigenvalue weighted by atomic mass is 10.1. The first kappa shape index (κ1) is 16.0. The quantitative estimate of drug-likeness (QED) is 0.755. The van der Waals surface area contributed by atoms with Crippen LogP contribution in [0.15, 0.2) is 71.6 Å². The maximum atomic E-state index is 12.6. The van der Waals surface area contributed by atoms with Gasteiger partial charge in [0.15, 0.2) is 0 Å². The summed E-state index contributed by atoms with van der Waals surface area (Å²) in [4.78, 5) is 0.245. The molecule has 3 nitrogen and oxygen atoms in total. The molecule has 0 saturated carbocycles. The van der Waals surface area contributed by atoms with Gasteiger partial charge in [0.2, 0.25) is 10.0 Å². The van der Waals surface area contributed by atoms with Crippen LogP contribution in [-0.2, 0) is 10.0 Å². The zero-order chi connectivity index (χ0) is 16.4. The first-order valence-electron chi connectivity index (χ1n) is 7.23. The van der Waals surface area contributed by atoms with Gasteiger partial charge < -0.3 is 0 Å². The number of fused-ring (bicyclic) bond motifs is 1. The van der Waals surface area contributed by atoms with Crippen molar-refractivity contribution < 1.29 is 8.42 Å². The summed E-state index contributed by atoms with van der Waals surface area (Å²) in [5, 5.41) is 2.44. The summed E-state index contributed by atoms with van der Waals surface area (Å²) in [6.07, 6.45) is 0. The van der Waals surface area contributed by atoms with Crippen molar-refractivity contribution in [3.05, 3.63) is 77.3 Å². The number of sulfonamides is 1. The molecule has 0 aliphatic heterocycles. The van der Waals surface area contributed by atoms with Gasteiger partial charge in [-0.25, -0.2) is 13.1 Å². The molecular formula is C18H16ClNO2S. The highest BCUT2D eigenvalue weighted by molar-refractivity contribution is 7.89. The second-order valence-corrected chi connectivity index (χ2v) is 7.49. The summed E-state index contributed by atoms with van der Waals surface area (Å²) >= 11 is 6.14. The van der Waals surface area contributed by atoms with Crippen molar-refractivity contribution in [3.63, 3.8) is 0 Å². The monoisotopic (exact) mass is 345 g/mol. The Bertz CT molecular complexity index is 954. The molecule has 3 aromatic carbocycles. The van der Waals surface area contributed by atoms with Crippen LogP contribution in [0.25, 0.3) is 10.8 Å². The second-order valence-electron chi connectivity index (χ2n) is 5.37. The number of benzene rings is 3. The van der Waals surface area contributed by atoms with E-state index in [0.29, 0.717) is 5.02 Å².